The Morgan fingerprint density at radius 2 is 2.00 bits per heavy atom. The molecule has 0 fully saturated rings. The summed E-state index contributed by atoms with van der Waals surface area (Å²) in [7, 11) is 0. The molecule has 1 rings (SSSR count). The molecule has 1 aromatic rings. The maximum Gasteiger partial charge on any atom is 0.305 e. The second kappa shape index (κ2) is 9.37. The molecular formula is C16H25NO3. The minimum absolute atomic E-state index is 0.0324. The number of hydrogen-bond acceptors (Lipinski definition) is 4. The molecule has 1 atom stereocenters. The van der Waals surface area contributed by atoms with E-state index in [0.717, 1.165) is 30.6 Å². The molecule has 1 aromatic carbocycles. The quantitative estimate of drug-likeness (QED) is 0.557. The number of ether oxygens (including phenoxy) is 2. The first kappa shape index (κ1) is 16.5. The molecular weight excluding hydrogens is 254 g/mol. The lowest BCUT2D eigenvalue weighted by atomic mass is 10.1. The van der Waals surface area contributed by atoms with Crippen molar-refractivity contribution in [1.29, 1.82) is 0 Å². The van der Waals surface area contributed by atoms with Crippen LogP contribution in [0.25, 0.3) is 0 Å². The number of para-hydroxylation sites is 1. The zero-order valence-electron chi connectivity index (χ0n) is 12.4. The van der Waals surface area contributed by atoms with E-state index in [-0.39, 0.29) is 12.0 Å². The largest absolute Gasteiger partial charge is 0.493 e. The molecule has 4 heteroatoms. The van der Waals surface area contributed by atoms with Crippen LogP contribution >= 0.6 is 0 Å². The summed E-state index contributed by atoms with van der Waals surface area (Å²) in [5.74, 6) is 0.739. The van der Waals surface area contributed by atoms with Gasteiger partial charge in [0.25, 0.3) is 0 Å². The summed E-state index contributed by atoms with van der Waals surface area (Å²) >= 11 is 0. The Bertz CT molecular complexity index is 404. The molecule has 0 amide bonds. The highest BCUT2D eigenvalue weighted by molar-refractivity contribution is 5.69. The molecule has 0 saturated carbocycles. The number of carbonyl (C=O) groups excluding carboxylic acids is 1. The highest BCUT2D eigenvalue weighted by Gasteiger charge is 2.06. The molecule has 20 heavy (non-hydrogen) atoms. The zero-order valence-corrected chi connectivity index (χ0v) is 12.4. The molecule has 0 heterocycles. The van der Waals surface area contributed by atoms with Crippen molar-refractivity contribution >= 4 is 5.97 Å². The minimum Gasteiger partial charge on any atom is -0.493 e. The van der Waals surface area contributed by atoms with Gasteiger partial charge in [0.2, 0.25) is 0 Å². The number of esters is 1. The van der Waals surface area contributed by atoms with Gasteiger partial charge in [0.15, 0.2) is 0 Å². The lowest BCUT2D eigenvalue weighted by Gasteiger charge is -2.13. The summed E-state index contributed by atoms with van der Waals surface area (Å²) in [5.41, 5.74) is 6.92. The standard InChI is InChI=1S/C16H25NO3/c1-3-19-16(18)11-5-4-8-12-20-15-10-7-6-9-14(15)13(2)17/h6-7,9-10,13H,3-5,8,11-12,17H2,1-2H3. The van der Waals surface area contributed by atoms with Gasteiger partial charge in [-0.3, -0.25) is 4.79 Å². The van der Waals surface area contributed by atoms with Crippen molar-refractivity contribution in [3.05, 3.63) is 29.8 Å². The molecule has 0 saturated heterocycles. The lowest BCUT2D eigenvalue weighted by Crippen LogP contribution is -2.08. The van der Waals surface area contributed by atoms with Crippen molar-refractivity contribution < 1.29 is 14.3 Å². The first-order chi connectivity index (χ1) is 9.65. The van der Waals surface area contributed by atoms with Gasteiger partial charge in [-0.15, -0.1) is 0 Å². The predicted octanol–water partition coefficient (Wildman–Crippen LogP) is 3.21. The number of benzene rings is 1. The van der Waals surface area contributed by atoms with Crippen molar-refractivity contribution in [2.75, 3.05) is 13.2 Å². The Morgan fingerprint density at radius 1 is 1.25 bits per heavy atom. The van der Waals surface area contributed by atoms with Gasteiger partial charge >= 0.3 is 5.97 Å². The van der Waals surface area contributed by atoms with E-state index in [1.807, 2.05) is 38.1 Å². The van der Waals surface area contributed by atoms with Gasteiger partial charge in [-0.05, 0) is 39.2 Å². The number of hydrogen-bond donors (Lipinski definition) is 1. The van der Waals surface area contributed by atoms with Gasteiger partial charge in [0.1, 0.15) is 5.75 Å². The van der Waals surface area contributed by atoms with Crippen LogP contribution in [-0.4, -0.2) is 19.2 Å². The Hall–Kier alpha value is -1.55. The summed E-state index contributed by atoms with van der Waals surface area (Å²) in [6, 6.07) is 7.81. The Morgan fingerprint density at radius 3 is 2.70 bits per heavy atom. The lowest BCUT2D eigenvalue weighted by molar-refractivity contribution is -0.143. The van der Waals surface area contributed by atoms with E-state index in [2.05, 4.69) is 0 Å². The third kappa shape index (κ3) is 6.06. The minimum atomic E-state index is -0.115. The molecule has 0 bridgehead atoms. The van der Waals surface area contributed by atoms with Crippen LogP contribution in [0.5, 0.6) is 5.75 Å². The van der Waals surface area contributed by atoms with Crippen molar-refractivity contribution in [1.82, 2.24) is 0 Å². The second-order valence-electron chi connectivity index (χ2n) is 4.79. The van der Waals surface area contributed by atoms with Crippen LogP contribution in [0.15, 0.2) is 24.3 Å². The topological polar surface area (TPSA) is 61.5 Å². The van der Waals surface area contributed by atoms with E-state index in [1.54, 1.807) is 0 Å². The highest BCUT2D eigenvalue weighted by atomic mass is 16.5. The third-order valence-corrected chi connectivity index (χ3v) is 3.00. The van der Waals surface area contributed by atoms with Crippen molar-refractivity contribution in [2.45, 2.75) is 45.6 Å². The SMILES string of the molecule is CCOC(=O)CCCCCOc1ccccc1C(C)N. The third-order valence-electron chi connectivity index (χ3n) is 3.00. The van der Waals surface area contributed by atoms with Gasteiger partial charge in [-0.1, -0.05) is 18.2 Å². The van der Waals surface area contributed by atoms with Crippen LogP contribution in [0.4, 0.5) is 0 Å². The van der Waals surface area contributed by atoms with E-state index < -0.39 is 0 Å². The maximum atomic E-state index is 11.1. The molecule has 112 valence electrons. The van der Waals surface area contributed by atoms with Crippen LogP contribution < -0.4 is 10.5 Å². The first-order valence-electron chi connectivity index (χ1n) is 7.28. The van der Waals surface area contributed by atoms with Crippen LogP contribution in [0, 0.1) is 0 Å². The monoisotopic (exact) mass is 279 g/mol. The van der Waals surface area contributed by atoms with Gasteiger partial charge in [-0.25, -0.2) is 0 Å². The second-order valence-corrected chi connectivity index (χ2v) is 4.79. The van der Waals surface area contributed by atoms with E-state index in [4.69, 9.17) is 15.2 Å². The van der Waals surface area contributed by atoms with Gasteiger partial charge < -0.3 is 15.2 Å². The summed E-state index contributed by atoms with van der Waals surface area (Å²) < 4.78 is 10.6. The van der Waals surface area contributed by atoms with Crippen LogP contribution in [-0.2, 0) is 9.53 Å². The Balaban J connectivity index is 2.20. The molecule has 2 N–H and O–H groups in total. The van der Waals surface area contributed by atoms with Gasteiger partial charge in [0, 0.05) is 18.0 Å². The van der Waals surface area contributed by atoms with Crippen LogP contribution in [0.2, 0.25) is 0 Å². The van der Waals surface area contributed by atoms with Crippen molar-refractivity contribution in [3.63, 3.8) is 0 Å². The average molecular weight is 279 g/mol. The average Bonchev–Trinajstić information content (AvgIpc) is 2.43. The molecule has 4 nitrogen and oxygen atoms in total. The van der Waals surface area contributed by atoms with Gasteiger partial charge in [-0.2, -0.15) is 0 Å². The molecule has 0 aromatic heterocycles. The van der Waals surface area contributed by atoms with Crippen LogP contribution in [0.1, 0.15) is 51.1 Å². The molecule has 0 aliphatic rings. The normalized spacial score (nSPS) is 11.9. The zero-order chi connectivity index (χ0) is 14.8. The molecule has 0 aliphatic carbocycles. The fourth-order valence-corrected chi connectivity index (χ4v) is 1.95. The molecule has 0 radical (unpaired) electrons. The summed E-state index contributed by atoms with van der Waals surface area (Å²) in [6.45, 7) is 4.87. The van der Waals surface area contributed by atoms with Gasteiger partial charge in [0.05, 0.1) is 13.2 Å². The van der Waals surface area contributed by atoms with Crippen molar-refractivity contribution in [3.8, 4) is 5.75 Å². The summed E-state index contributed by atoms with van der Waals surface area (Å²) in [4.78, 5) is 11.1. The number of nitrogens with two attached hydrogens (primary N) is 1. The van der Waals surface area contributed by atoms with E-state index in [0.29, 0.717) is 19.6 Å². The number of carbonyl (C=O) groups is 1. The fraction of sp³-hybridized carbons (Fsp3) is 0.562. The Kier molecular flexibility index (Phi) is 7.73. The molecule has 0 aliphatic heterocycles. The summed E-state index contributed by atoms with van der Waals surface area (Å²) in [5, 5.41) is 0. The van der Waals surface area contributed by atoms with E-state index in [1.165, 1.54) is 0 Å². The van der Waals surface area contributed by atoms with Crippen LogP contribution in [0.3, 0.4) is 0 Å². The first-order valence-corrected chi connectivity index (χ1v) is 7.28. The van der Waals surface area contributed by atoms with E-state index >= 15 is 0 Å². The predicted molar refractivity (Wildman–Crippen MR) is 79.6 cm³/mol. The van der Waals surface area contributed by atoms with Crippen molar-refractivity contribution in [2.24, 2.45) is 5.73 Å². The Labute approximate surface area is 121 Å². The summed E-state index contributed by atoms with van der Waals surface area (Å²) in [6.07, 6.45) is 3.22. The maximum absolute atomic E-state index is 11.1. The fourth-order valence-electron chi connectivity index (χ4n) is 1.95. The molecule has 1 unspecified atom stereocenters. The number of rotatable bonds is 9. The molecule has 0 spiro atoms. The highest BCUT2D eigenvalue weighted by Crippen LogP contribution is 2.23. The van der Waals surface area contributed by atoms with E-state index in [9.17, 15) is 4.79 Å². The smallest absolute Gasteiger partial charge is 0.305 e. The number of unbranched alkanes of at least 4 members (excludes halogenated alkanes) is 2.